The van der Waals surface area contributed by atoms with E-state index in [-0.39, 0.29) is 17.7 Å². The molecule has 0 aliphatic rings. The van der Waals surface area contributed by atoms with Gasteiger partial charge in [0.05, 0.1) is 24.6 Å². The highest BCUT2D eigenvalue weighted by Crippen LogP contribution is 2.48. The third-order valence-electron chi connectivity index (χ3n) is 6.40. The average Bonchev–Trinajstić information content (AvgIpc) is 3.36. The Hall–Kier alpha value is -3.61. The Kier molecular flexibility index (Phi) is 9.80. The molecule has 6 atom stereocenters. The van der Waals surface area contributed by atoms with Crippen molar-refractivity contribution in [3.8, 4) is 5.75 Å². The van der Waals surface area contributed by atoms with Gasteiger partial charge in [0, 0.05) is 5.39 Å². The fraction of sp³-hybridized carbons (Fsp3) is 0.429. The number of aromatic nitrogens is 4. The molecule has 226 valence electrons. The van der Waals surface area contributed by atoms with Gasteiger partial charge in [0.1, 0.15) is 36.0 Å². The molecule has 2 heterocycles. The number of fused-ring (bicyclic) bond motifs is 2. The van der Waals surface area contributed by atoms with Crippen molar-refractivity contribution in [1.29, 1.82) is 0 Å². The number of rotatable bonds is 13. The zero-order valence-electron chi connectivity index (χ0n) is 24.4. The predicted molar refractivity (Wildman–Crippen MR) is 158 cm³/mol. The Labute approximate surface area is 243 Å². The fourth-order valence-electron chi connectivity index (χ4n) is 4.43. The lowest BCUT2D eigenvalue weighted by atomic mass is 10.1. The van der Waals surface area contributed by atoms with E-state index in [0.717, 1.165) is 5.39 Å². The summed E-state index contributed by atoms with van der Waals surface area (Å²) in [7, 11) is -4.30. The molecule has 42 heavy (non-hydrogen) atoms. The number of benzene rings is 2. The zero-order valence-corrected chi connectivity index (χ0v) is 25.3. The maximum atomic E-state index is 14.3. The number of hydrogen-bond acceptors (Lipinski definition) is 11. The van der Waals surface area contributed by atoms with Gasteiger partial charge in [-0.2, -0.15) is 5.09 Å². The Morgan fingerprint density at radius 2 is 1.74 bits per heavy atom. The summed E-state index contributed by atoms with van der Waals surface area (Å²) in [6, 6.07) is 11.7. The average molecular weight is 601 g/mol. The van der Waals surface area contributed by atoms with Crippen LogP contribution >= 0.6 is 7.75 Å². The second-order valence-corrected chi connectivity index (χ2v) is 11.9. The van der Waals surface area contributed by atoms with Gasteiger partial charge >= 0.3 is 13.7 Å². The molecule has 0 fully saturated rings. The first-order valence-electron chi connectivity index (χ1n) is 13.6. The van der Waals surface area contributed by atoms with Crippen molar-refractivity contribution >= 4 is 41.5 Å². The minimum Gasteiger partial charge on any atom is -0.462 e. The van der Waals surface area contributed by atoms with E-state index in [9.17, 15) is 14.5 Å². The second-order valence-electron chi connectivity index (χ2n) is 10.2. The molecule has 0 amide bonds. The highest BCUT2D eigenvalue weighted by atomic mass is 31.2. The second kappa shape index (κ2) is 13.1. The van der Waals surface area contributed by atoms with Crippen molar-refractivity contribution in [1.82, 2.24) is 24.6 Å². The van der Waals surface area contributed by atoms with Crippen LogP contribution in [0, 0.1) is 0 Å². The Morgan fingerprint density at radius 3 is 2.45 bits per heavy atom. The molecule has 4 N–H and O–H groups in total. The first kappa shape index (κ1) is 31.3. The molecule has 0 spiro atoms. The van der Waals surface area contributed by atoms with Crippen molar-refractivity contribution < 1.29 is 33.0 Å². The topological polar surface area (TPSA) is 173 Å². The van der Waals surface area contributed by atoms with Gasteiger partial charge < -0.3 is 24.8 Å². The molecular weight excluding hydrogens is 563 g/mol. The quantitative estimate of drug-likeness (QED) is 0.146. The minimum absolute atomic E-state index is 0.220. The van der Waals surface area contributed by atoms with Crippen LogP contribution in [-0.4, -0.2) is 61.1 Å². The van der Waals surface area contributed by atoms with Gasteiger partial charge in [-0.15, -0.1) is 0 Å². The number of hydrogen-bond donors (Lipinski definition) is 3. The van der Waals surface area contributed by atoms with E-state index in [1.165, 1.54) is 26.5 Å². The summed E-state index contributed by atoms with van der Waals surface area (Å²) in [6.07, 6.45) is -1.31. The number of aliphatic hydroxyl groups is 1. The zero-order chi connectivity index (χ0) is 30.6. The highest BCUT2D eigenvalue weighted by molar-refractivity contribution is 7.52. The van der Waals surface area contributed by atoms with Crippen LogP contribution in [0.1, 0.15) is 47.8 Å². The number of carbonyl (C=O) groups excluding carboxylic acids is 1. The summed E-state index contributed by atoms with van der Waals surface area (Å²) >= 11 is 0. The molecule has 0 radical (unpaired) electrons. The third-order valence-corrected chi connectivity index (χ3v) is 8.15. The van der Waals surface area contributed by atoms with Crippen LogP contribution in [-0.2, 0) is 23.4 Å². The summed E-state index contributed by atoms with van der Waals surface area (Å²) < 4.78 is 39.5. The number of carbonyl (C=O) groups is 1. The van der Waals surface area contributed by atoms with Crippen molar-refractivity contribution in [3.63, 3.8) is 0 Å². The monoisotopic (exact) mass is 600 g/mol. The molecule has 4 aromatic rings. The molecular formula is C28H37N6O7P. The van der Waals surface area contributed by atoms with E-state index in [1.54, 1.807) is 44.4 Å². The van der Waals surface area contributed by atoms with Gasteiger partial charge in [-0.3, -0.25) is 13.9 Å². The first-order chi connectivity index (χ1) is 19.9. The van der Waals surface area contributed by atoms with Crippen LogP contribution in [0.3, 0.4) is 0 Å². The molecule has 0 saturated carbocycles. The standard InChI is InChI=1S/C28H37N6O7P/c1-16(2)38-28(36)17(3)33-42(37,41-23-13-9-11-21-10-7-8-12-22(21)23)40-19(5)25(18(4)35)39-20(6)34-15-32-24-26(29)30-14-31-27(24)34/h7-20,25,35H,1-6H3,(H,33,37)(H2,29,30,31)/t17?,18?,19?,20?,25-,42?/m0/s1. The Morgan fingerprint density at radius 1 is 1.02 bits per heavy atom. The van der Waals surface area contributed by atoms with Gasteiger partial charge in [0.25, 0.3) is 0 Å². The summed E-state index contributed by atoms with van der Waals surface area (Å²) in [5.41, 5.74) is 6.76. The molecule has 0 saturated heterocycles. The van der Waals surface area contributed by atoms with Gasteiger partial charge in [-0.05, 0) is 53.0 Å². The number of nitrogen functional groups attached to an aromatic ring is 1. The van der Waals surface area contributed by atoms with Crippen LogP contribution in [0.5, 0.6) is 5.75 Å². The number of aliphatic hydroxyl groups excluding tert-OH is 1. The largest absolute Gasteiger partial charge is 0.462 e. The molecule has 5 unspecified atom stereocenters. The van der Waals surface area contributed by atoms with Gasteiger partial charge in [-0.25, -0.2) is 19.5 Å². The van der Waals surface area contributed by atoms with E-state index >= 15 is 0 Å². The molecule has 14 heteroatoms. The van der Waals surface area contributed by atoms with Crippen molar-refractivity contribution in [3.05, 3.63) is 55.1 Å². The number of nitrogens with zero attached hydrogens (tertiary/aromatic N) is 4. The van der Waals surface area contributed by atoms with E-state index in [1.807, 2.05) is 30.3 Å². The Balaban J connectivity index is 1.61. The Bertz CT molecular complexity index is 1570. The number of nitrogens with two attached hydrogens (primary N) is 1. The molecule has 2 aromatic heterocycles. The smallest absolute Gasteiger partial charge is 0.459 e. The number of imidazole rings is 1. The number of ether oxygens (including phenoxy) is 2. The van der Waals surface area contributed by atoms with Crippen molar-refractivity contribution in [2.45, 2.75) is 78.2 Å². The van der Waals surface area contributed by atoms with E-state index < -0.39 is 44.3 Å². The third kappa shape index (κ3) is 7.23. The summed E-state index contributed by atoms with van der Waals surface area (Å²) in [6.45, 7) is 9.77. The molecule has 0 aliphatic carbocycles. The SMILES string of the molecule is CC(C)OC(=O)C(C)NP(=O)(Oc1cccc2ccccc12)OC(C)[C@@H](OC(C)n1cnc2c(N)ncnc21)C(C)O. The molecule has 4 rings (SSSR count). The minimum atomic E-state index is -4.30. The normalized spacial score (nSPS) is 17.0. The number of anilines is 1. The van der Waals surface area contributed by atoms with Crippen LogP contribution in [0.4, 0.5) is 5.82 Å². The van der Waals surface area contributed by atoms with Crippen LogP contribution in [0.2, 0.25) is 0 Å². The maximum absolute atomic E-state index is 14.3. The number of nitrogens with one attached hydrogen (secondary N) is 1. The molecule has 0 aliphatic heterocycles. The lowest BCUT2D eigenvalue weighted by molar-refractivity contribution is -0.149. The molecule has 2 aromatic carbocycles. The van der Waals surface area contributed by atoms with E-state index in [0.29, 0.717) is 16.6 Å². The summed E-state index contributed by atoms with van der Waals surface area (Å²) in [5, 5.41) is 14.9. The van der Waals surface area contributed by atoms with E-state index in [2.05, 4.69) is 20.0 Å². The predicted octanol–water partition coefficient (Wildman–Crippen LogP) is 4.37. The van der Waals surface area contributed by atoms with Gasteiger partial charge in [-0.1, -0.05) is 36.4 Å². The lowest BCUT2D eigenvalue weighted by Gasteiger charge is -2.32. The van der Waals surface area contributed by atoms with Crippen molar-refractivity contribution in [2.75, 3.05) is 5.73 Å². The summed E-state index contributed by atoms with van der Waals surface area (Å²) in [4.78, 5) is 25.1. The number of esters is 1. The maximum Gasteiger partial charge on any atom is 0.459 e. The van der Waals surface area contributed by atoms with Crippen molar-refractivity contribution in [2.24, 2.45) is 0 Å². The first-order valence-corrected chi connectivity index (χ1v) is 15.1. The van der Waals surface area contributed by atoms with E-state index in [4.69, 9.17) is 24.3 Å². The highest BCUT2D eigenvalue weighted by Gasteiger charge is 2.38. The lowest BCUT2D eigenvalue weighted by Crippen LogP contribution is -2.42. The van der Waals surface area contributed by atoms with Crippen LogP contribution in [0.15, 0.2) is 55.1 Å². The van der Waals surface area contributed by atoms with Gasteiger partial charge in [0.15, 0.2) is 11.5 Å². The van der Waals surface area contributed by atoms with Crippen LogP contribution < -0.4 is 15.3 Å². The van der Waals surface area contributed by atoms with Gasteiger partial charge in [0.2, 0.25) is 0 Å². The molecule has 0 bridgehead atoms. The summed E-state index contributed by atoms with van der Waals surface area (Å²) in [5.74, 6) is -0.128. The fourth-order valence-corrected chi connectivity index (χ4v) is 6.14. The molecule has 13 nitrogen and oxygen atoms in total. The van der Waals surface area contributed by atoms with Crippen LogP contribution in [0.25, 0.3) is 21.9 Å².